The Kier molecular flexibility index (Phi) is 4.42. The molecule has 2 aromatic rings. The number of nitrogens with one attached hydrogen (secondary N) is 1. The summed E-state index contributed by atoms with van der Waals surface area (Å²) in [5, 5.41) is 11.5. The number of nitrogen functional groups attached to an aromatic ring is 1. The summed E-state index contributed by atoms with van der Waals surface area (Å²) in [4.78, 5) is 12.1. The van der Waals surface area contributed by atoms with Crippen LogP contribution in [0, 0.1) is 11.3 Å². The molecule has 0 radical (unpaired) electrons. The Morgan fingerprint density at radius 1 is 1.29 bits per heavy atom. The van der Waals surface area contributed by atoms with E-state index in [2.05, 4.69) is 5.32 Å². The van der Waals surface area contributed by atoms with Crippen LogP contribution in [0.1, 0.15) is 22.8 Å². The number of amides is 1. The van der Waals surface area contributed by atoms with E-state index in [0.717, 1.165) is 0 Å². The minimum atomic E-state index is -0.269. The van der Waals surface area contributed by atoms with Gasteiger partial charge in [0, 0.05) is 5.56 Å². The van der Waals surface area contributed by atoms with Gasteiger partial charge in [-0.2, -0.15) is 5.26 Å². The van der Waals surface area contributed by atoms with Gasteiger partial charge < -0.3 is 15.8 Å². The maximum absolute atomic E-state index is 12.1. The largest absolute Gasteiger partial charge is 0.494 e. The summed E-state index contributed by atoms with van der Waals surface area (Å²) in [6.45, 7) is 2.47. The Morgan fingerprint density at radius 3 is 2.57 bits per heavy atom. The van der Waals surface area contributed by atoms with E-state index < -0.39 is 0 Å². The predicted molar refractivity (Wildman–Crippen MR) is 81.1 cm³/mol. The third-order valence-electron chi connectivity index (χ3n) is 2.86. The summed E-state index contributed by atoms with van der Waals surface area (Å²) in [7, 11) is 0. The molecule has 2 rings (SSSR count). The second-order valence-corrected chi connectivity index (χ2v) is 4.33. The molecule has 3 N–H and O–H groups in total. The van der Waals surface area contributed by atoms with Crippen molar-refractivity contribution in [3.63, 3.8) is 0 Å². The van der Waals surface area contributed by atoms with Crippen molar-refractivity contribution in [1.82, 2.24) is 0 Å². The molecular weight excluding hydrogens is 266 g/mol. The molecule has 0 unspecified atom stereocenters. The number of hydrogen-bond donors (Lipinski definition) is 2. The maximum atomic E-state index is 12.1. The van der Waals surface area contributed by atoms with E-state index in [1.807, 2.05) is 13.0 Å². The number of ether oxygens (including phenoxy) is 1. The number of rotatable bonds is 4. The summed E-state index contributed by atoms with van der Waals surface area (Å²) in [5.41, 5.74) is 7.59. The van der Waals surface area contributed by atoms with Crippen LogP contribution < -0.4 is 15.8 Å². The number of carbonyl (C=O) groups is 1. The lowest BCUT2D eigenvalue weighted by Crippen LogP contribution is -2.13. The van der Waals surface area contributed by atoms with Crippen LogP contribution in [0.5, 0.6) is 5.75 Å². The van der Waals surface area contributed by atoms with Crippen LogP contribution in [0.15, 0.2) is 42.5 Å². The third kappa shape index (κ3) is 3.51. The lowest BCUT2D eigenvalue weighted by molar-refractivity contribution is 0.102. The lowest BCUT2D eigenvalue weighted by atomic mass is 10.1. The first-order valence-corrected chi connectivity index (χ1v) is 6.48. The molecule has 0 spiro atoms. The minimum Gasteiger partial charge on any atom is -0.494 e. The predicted octanol–water partition coefficient (Wildman–Crippen LogP) is 2.79. The molecular formula is C16H15N3O2. The number of hydrogen-bond acceptors (Lipinski definition) is 4. The summed E-state index contributed by atoms with van der Waals surface area (Å²) in [6.07, 6.45) is 0. The number of anilines is 2. The lowest BCUT2D eigenvalue weighted by Gasteiger charge is -2.09. The second-order valence-electron chi connectivity index (χ2n) is 4.33. The monoisotopic (exact) mass is 281 g/mol. The smallest absolute Gasteiger partial charge is 0.255 e. The zero-order valence-corrected chi connectivity index (χ0v) is 11.6. The van der Waals surface area contributed by atoms with E-state index in [-0.39, 0.29) is 5.91 Å². The van der Waals surface area contributed by atoms with Crippen molar-refractivity contribution in [3.05, 3.63) is 53.6 Å². The van der Waals surface area contributed by atoms with Crippen molar-refractivity contribution in [2.24, 2.45) is 0 Å². The Balaban J connectivity index is 2.12. The first kappa shape index (κ1) is 14.4. The Labute approximate surface area is 123 Å². The standard InChI is InChI=1S/C16H15N3O2/c1-2-21-13-6-4-12(5-7-13)16(20)19-15-8-3-11(10-17)9-14(15)18/h3-9H,2,18H2,1H3,(H,19,20). The van der Waals surface area contributed by atoms with E-state index in [4.69, 9.17) is 15.7 Å². The zero-order chi connectivity index (χ0) is 15.2. The molecule has 5 nitrogen and oxygen atoms in total. The van der Waals surface area contributed by atoms with Crippen LogP contribution in [-0.2, 0) is 0 Å². The molecule has 0 aromatic heterocycles. The average molecular weight is 281 g/mol. The molecule has 5 heteroatoms. The molecule has 2 aromatic carbocycles. The van der Waals surface area contributed by atoms with Crippen LogP contribution in [0.25, 0.3) is 0 Å². The first-order valence-electron chi connectivity index (χ1n) is 6.48. The highest BCUT2D eigenvalue weighted by Crippen LogP contribution is 2.21. The van der Waals surface area contributed by atoms with Gasteiger partial charge in [-0.1, -0.05) is 0 Å². The number of nitriles is 1. The molecule has 0 atom stereocenters. The van der Waals surface area contributed by atoms with Gasteiger partial charge in [0.2, 0.25) is 0 Å². The highest BCUT2D eigenvalue weighted by Gasteiger charge is 2.08. The normalized spacial score (nSPS) is 9.71. The van der Waals surface area contributed by atoms with E-state index in [0.29, 0.717) is 34.9 Å². The minimum absolute atomic E-state index is 0.269. The third-order valence-corrected chi connectivity index (χ3v) is 2.86. The fourth-order valence-corrected chi connectivity index (χ4v) is 1.81. The van der Waals surface area contributed by atoms with Crippen LogP contribution in [-0.4, -0.2) is 12.5 Å². The van der Waals surface area contributed by atoms with Gasteiger partial charge >= 0.3 is 0 Å². The molecule has 0 fully saturated rings. The van der Waals surface area contributed by atoms with Gasteiger partial charge in [-0.15, -0.1) is 0 Å². The first-order chi connectivity index (χ1) is 10.1. The molecule has 0 aliphatic heterocycles. The molecule has 1 amide bonds. The molecule has 0 aliphatic carbocycles. The number of nitrogens with zero attached hydrogens (tertiary/aromatic N) is 1. The van der Waals surface area contributed by atoms with Gasteiger partial charge in [0.05, 0.1) is 29.6 Å². The van der Waals surface area contributed by atoms with Crippen LogP contribution in [0.4, 0.5) is 11.4 Å². The van der Waals surface area contributed by atoms with Crippen molar-refractivity contribution in [2.75, 3.05) is 17.7 Å². The Hall–Kier alpha value is -3.00. The highest BCUT2D eigenvalue weighted by molar-refractivity contribution is 6.05. The van der Waals surface area contributed by atoms with Crippen molar-refractivity contribution in [3.8, 4) is 11.8 Å². The second kappa shape index (κ2) is 6.44. The Bertz CT molecular complexity index is 688. The van der Waals surface area contributed by atoms with E-state index >= 15 is 0 Å². The summed E-state index contributed by atoms with van der Waals surface area (Å²) < 4.78 is 5.32. The quantitative estimate of drug-likeness (QED) is 0.843. The molecule has 106 valence electrons. The molecule has 0 saturated carbocycles. The van der Waals surface area contributed by atoms with Gasteiger partial charge in [-0.25, -0.2) is 0 Å². The molecule has 0 bridgehead atoms. The Morgan fingerprint density at radius 2 is 2.00 bits per heavy atom. The van der Waals surface area contributed by atoms with E-state index in [1.54, 1.807) is 36.4 Å². The van der Waals surface area contributed by atoms with Gasteiger partial charge in [-0.3, -0.25) is 4.79 Å². The van der Waals surface area contributed by atoms with Gasteiger partial charge in [0.1, 0.15) is 5.75 Å². The number of benzene rings is 2. The van der Waals surface area contributed by atoms with Crippen molar-refractivity contribution >= 4 is 17.3 Å². The number of nitrogens with two attached hydrogens (primary N) is 1. The molecule has 0 heterocycles. The molecule has 21 heavy (non-hydrogen) atoms. The van der Waals surface area contributed by atoms with Crippen LogP contribution in [0.3, 0.4) is 0 Å². The number of carbonyl (C=O) groups excluding carboxylic acids is 1. The van der Waals surface area contributed by atoms with Crippen molar-refractivity contribution < 1.29 is 9.53 Å². The zero-order valence-electron chi connectivity index (χ0n) is 11.6. The maximum Gasteiger partial charge on any atom is 0.255 e. The van der Waals surface area contributed by atoms with E-state index in [9.17, 15) is 4.79 Å². The molecule has 0 saturated heterocycles. The van der Waals surface area contributed by atoms with E-state index in [1.165, 1.54) is 6.07 Å². The van der Waals surface area contributed by atoms with Crippen LogP contribution in [0.2, 0.25) is 0 Å². The fraction of sp³-hybridized carbons (Fsp3) is 0.125. The highest BCUT2D eigenvalue weighted by atomic mass is 16.5. The van der Waals surface area contributed by atoms with Gasteiger partial charge in [-0.05, 0) is 49.4 Å². The van der Waals surface area contributed by atoms with Crippen LogP contribution >= 0.6 is 0 Å². The summed E-state index contributed by atoms with van der Waals surface area (Å²) in [6, 6.07) is 13.6. The van der Waals surface area contributed by atoms with Crippen molar-refractivity contribution in [1.29, 1.82) is 5.26 Å². The fourth-order valence-electron chi connectivity index (χ4n) is 1.81. The topological polar surface area (TPSA) is 88.1 Å². The summed E-state index contributed by atoms with van der Waals surface area (Å²) >= 11 is 0. The SMILES string of the molecule is CCOc1ccc(C(=O)Nc2ccc(C#N)cc2N)cc1. The van der Waals surface area contributed by atoms with Crippen molar-refractivity contribution in [2.45, 2.75) is 6.92 Å². The van der Waals surface area contributed by atoms with Gasteiger partial charge in [0.25, 0.3) is 5.91 Å². The average Bonchev–Trinajstić information content (AvgIpc) is 2.50. The molecule has 0 aliphatic rings. The summed E-state index contributed by atoms with van der Waals surface area (Å²) in [5.74, 6) is 0.446. The van der Waals surface area contributed by atoms with Gasteiger partial charge in [0.15, 0.2) is 0 Å².